The van der Waals surface area contributed by atoms with Crippen LogP contribution in [0, 0.1) is 10.6 Å². The highest BCUT2D eigenvalue weighted by Gasteiger charge is 2.24. The lowest BCUT2D eigenvalue weighted by molar-refractivity contribution is 0.0976. The molecule has 3 aromatic rings. The number of carbonyl (C=O) groups is 1. The molecule has 9 nitrogen and oxygen atoms in total. The summed E-state index contributed by atoms with van der Waals surface area (Å²) < 4.78 is 48.8. The van der Waals surface area contributed by atoms with Crippen LogP contribution < -0.4 is 14.2 Å². The van der Waals surface area contributed by atoms with Crippen LogP contribution in [0.1, 0.15) is 16.1 Å². The number of nitrogens with zero attached hydrogens (tertiary/aromatic N) is 3. The highest BCUT2D eigenvalue weighted by molar-refractivity contribution is 7.91. The molecular weight excluding hydrogens is 401 g/mol. The molecule has 0 fully saturated rings. The first kappa shape index (κ1) is 20.3. The molecule has 1 atom stereocenters. The van der Waals surface area contributed by atoms with Crippen molar-refractivity contribution in [1.29, 1.82) is 4.78 Å². The van der Waals surface area contributed by atoms with Crippen LogP contribution in [0.3, 0.4) is 0 Å². The van der Waals surface area contributed by atoms with E-state index in [1.54, 1.807) is 29.2 Å². The Morgan fingerprint density at radius 2 is 2.03 bits per heavy atom. The van der Waals surface area contributed by atoms with Gasteiger partial charge in [-0.15, -0.1) is 0 Å². The van der Waals surface area contributed by atoms with Crippen molar-refractivity contribution >= 4 is 15.8 Å². The zero-order valence-corrected chi connectivity index (χ0v) is 16.4. The van der Waals surface area contributed by atoms with Gasteiger partial charge in [0.25, 0.3) is 5.91 Å². The highest BCUT2D eigenvalue weighted by Crippen LogP contribution is 2.27. The number of hydrogen-bond acceptors (Lipinski definition) is 7. The zero-order valence-electron chi connectivity index (χ0n) is 15.6. The molecule has 0 aliphatic carbocycles. The summed E-state index contributed by atoms with van der Waals surface area (Å²) in [5.74, 6) is -1.78. The summed E-state index contributed by atoms with van der Waals surface area (Å²) in [5, 5.41) is 4.09. The Balaban J connectivity index is 1.87. The largest absolute Gasteiger partial charge is 0.495 e. The predicted octanol–water partition coefficient (Wildman–Crippen LogP) is 2.23. The van der Waals surface area contributed by atoms with E-state index < -0.39 is 26.5 Å². The van der Waals surface area contributed by atoms with E-state index in [1.165, 1.54) is 32.4 Å². The maximum absolute atomic E-state index is 14.2. The molecule has 2 N–H and O–H groups in total. The van der Waals surface area contributed by atoms with E-state index in [-0.39, 0.29) is 17.3 Å². The fraction of sp³-hybridized carbons (Fsp3) is 0.167. The summed E-state index contributed by atoms with van der Waals surface area (Å²) in [6.45, 7) is 0.368. The van der Waals surface area contributed by atoms with Crippen molar-refractivity contribution in [2.75, 3.05) is 14.2 Å². The second-order valence-electron chi connectivity index (χ2n) is 5.83. The van der Waals surface area contributed by atoms with Crippen LogP contribution in [0.5, 0.6) is 11.6 Å². The van der Waals surface area contributed by atoms with Crippen LogP contribution in [0.25, 0.3) is 0 Å². The molecule has 2 aromatic heterocycles. The third-order valence-corrected chi connectivity index (χ3v) is 5.38. The van der Waals surface area contributed by atoms with Gasteiger partial charge >= 0.3 is 0 Å². The van der Waals surface area contributed by atoms with Crippen LogP contribution >= 0.6 is 0 Å². The summed E-state index contributed by atoms with van der Waals surface area (Å²) in [6, 6.07) is 8.50. The van der Waals surface area contributed by atoms with Gasteiger partial charge in [-0.1, -0.05) is 6.07 Å². The standard InChI is InChI=1S/C18H18FN5O4S/c1-27-15-6-3-5-13(19)16(15)29(20,26)23-17(25)14-8-7-12(18(22-14)28-2)11-24-10-4-9-21-24/h3-10H,11H2,1-2H3,(H2,20,23,25,26)/t29-/m1/s1. The molecule has 11 heteroatoms. The number of rotatable bonds is 7. The molecule has 3 rings (SSSR count). The minimum Gasteiger partial charge on any atom is -0.495 e. The first-order valence-electron chi connectivity index (χ1n) is 8.30. The maximum atomic E-state index is 14.2. The van der Waals surface area contributed by atoms with Crippen molar-refractivity contribution in [1.82, 2.24) is 19.5 Å². The summed E-state index contributed by atoms with van der Waals surface area (Å²) >= 11 is 0. The lowest BCUT2D eigenvalue weighted by Gasteiger charge is -2.14. The molecule has 0 aliphatic rings. The molecular formula is C18H18FN5O4S. The van der Waals surface area contributed by atoms with Crippen molar-refractivity contribution in [3.8, 4) is 11.6 Å². The fourth-order valence-electron chi connectivity index (χ4n) is 2.62. The lowest BCUT2D eigenvalue weighted by Crippen LogP contribution is -2.31. The average molecular weight is 419 g/mol. The van der Waals surface area contributed by atoms with Gasteiger partial charge < -0.3 is 9.47 Å². The van der Waals surface area contributed by atoms with Crippen molar-refractivity contribution < 1.29 is 22.9 Å². The van der Waals surface area contributed by atoms with Gasteiger partial charge in [0.1, 0.15) is 22.2 Å². The lowest BCUT2D eigenvalue weighted by atomic mass is 10.2. The molecule has 1 aromatic carbocycles. The number of hydrogen-bond donors (Lipinski definition) is 2. The Bertz CT molecular complexity index is 1130. The average Bonchev–Trinajstić information content (AvgIpc) is 3.20. The topological polar surface area (TPSA) is 119 Å². The molecule has 0 spiro atoms. The highest BCUT2D eigenvalue weighted by atomic mass is 32.2. The third-order valence-electron chi connectivity index (χ3n) is 3.93. The van der Waals surface area contributed by atoms with Gasteiger partial charge in [-0.25, -0.2) is 18.4 Å². The second-order valence-corrected chi connectivity index (χ2v) is 7.55. The minimum atomic E-state index is -4.05. The number of ether oxygens (including phenoxy) is 2. The van der Waals surface area contributed by atoms with Crippen LogP contribution in [0.4, 0.5) is 4.39 Å². The van der Waals surface area contributed by atoms with E-state index in [1.807, 2.05) is 4.72 Å². The van der Waals surface area contributed by atoms with Gasteiger partial charge in [0.05, 0.1) is 20.8 Å². The van der Waals surface area contributed by atoms with E-state index in [2.05, 4.69) is 10.1 Å². The quantitative estimate of drug-likeness (QED) is 0.606. The fourth-order valence-corrected chi connectivity index (χ4v) is 3.87. The number of pyridine rings is 1. The Morgan fingerprint density at radius 3 is 2.69 bits per heavy atom. The predicted molar refractivity (Wildman–Crippen MR) is 102 cm³/mol. The molecule has 0 saturated carbocycles. The number of benzene rings is 1. The van der Waals surface area contributed by atoms with E-state index in [9.17, 15) is 13.4 Å². The van der Waals surface area contributed by atoms with Crippen molar-refractivity contribution in [2.45, 2.75) is 11.4 Å². The summed E-state index contributed by atoms with van der Waals surface area (Å²) in [6.07, 6.45) is 3.39. The van der Waals surface area contributed by atoms with Crippen LogP contribution in [-0.4, -0.2) is 39.1 Å². The SMILES string of the molecule is COc1cccc(F)c1[S@](=N)(=O)NC(=O)c1ccc(Cn2cccn2)c(OC)n1. The summed E-state index contributed by atoms with van der Waals surface area (Å²) in [5.41, 5.74) is 0.525. The Labute approximate surface area is 166 Å². The van der Waals surface area contributed by atoms with E-state index in [4.69, 9.17) is 14.3 Å². The van der Waals surface area contributed by atoms with Crippen LogP contribution in [0.2, 0.25) is 0 Å². The van der Waals surface area contributed by atoms with Crippen LogP contribution in [-0.2, 0) is 16.5 Å². The van der Waals surface area contributed by atoms with Gasteiger partial charge in [0.2, 0.25) is 5.88 Å². The Kier molecular flexibility index (Phi) is 5.78. The Morgan fingerprint density at radius 1 is 1.24 bits per heavy atom. The molecule has 0 aliphatic heterocycles. The third kappa shape index (κ3) is 4.35. The van der Waals surface area contributed by atoms with Gasteiger partial charge in [0.15, 0.2) is 9.92 Å². The normalized spacial score (nSPS) is 12.8. The van der Waals surface area contributed by atoms with E-state index >= 15 is 0 Å². The molecule has 0 unspecified atom stereocenters. The molecule has 0 saturated heterocycles. The van der Waals surface area contributed by atoms with Crippen molar-refractivity contribution in [3.63, 3.8) is 0 Å². The number of methoxy groups -OCH3 is 2. The second kappa shape index (κ2) is 8.27. The van der Waals surface area contributed by atoms with E-state index in [0.717, 1.165) is 6.07 Å². The van der Waals surface area contributed by atoms with Gasteiger partial charge in [-0.3, -0.25) is 14.2 Å². The van der Waals surface area contributed by atoms with Crippen molar-refractivity contribution in [3.05, 3.63) is 65.9 Å². The minimum absolute atomic E-state index is 0.106. The first-order valence-corrected chi connectivity index (χ1v) is 9.86. The molecule has 29 heavy (non-hydrogen) atoms. The summed E-state index contributed by atoms with van der Waals surface area (Å²) in [4.78, 5) is 16.1. The number of carbonyl (C=O) groups excluding carboxylic acids is 1. The van der Waals surface area contributed by atoms with Gasteiger partial charge in [-0.05, 0) is 30.3 Å². The molecule has 152 valence electrons. The Hall–Kier alpha value is -3.47. The first-order chi connectivity index (χ1) is 13.9. The van der Waals surface area contributed by atoms with Gasteiger partial charge in [0, 0.05) is 18.0 Å². The van der Waals surface area contributed by atoms with Crippen molar-refractivity contribution in [2.24, 2.45) is 0 Å². The number of amides is 1. The number of nitrogens with one attached hydrogen (secondary N) is 2. The monoisotopic (exact) mass is 419 g/mol. The molecule has 0 bridgehead atoms. The number of aromatic nitrogens is 3. The maximum Gasteiger partial charge on any atom is 0.282 e. The smallest absolute Gasteiger partial charge is 0.282 e. The molecule has 2 heterocycles. The van der Waals surface area contributed by atoms with Gasteiger partial charge in [-0.2, -0.15) is 5.10 Å². The number of halogens is 1. The molecule has 0 radical (unpaired) electrons. The molecule has 1 amide bonds. The zero-order chi connectivity index (χ0) is 21.0. The summed E-state index contributed by atoms with van der Waals surface area (Å²) in [7, 11) is -1.40. The van der Waals surface area contributed by atoms with E-state index in [0.29, 0.717) is 12.1 Å². The van der Waals surface area contributed by atoms with Crippen LogP contribution in [0.15, 0.2) is 53.7 Å².